The summed E-state index contributed by atoms with van der Waals surface area (Å²) in [4.78, 5) is 12.1. The van der Waals surface area contributed by atoms with E-state index in [2.05, 4.69) is 31.4 Å². The van der Waals surface area contributed by atoms with Crippen LogP contribution in [0.15, 0.2) is 0 Å². The molecular weight excluding hydrogens is 200 g/mol. The SMILES string of the molecule is CC1NCCC1C(=O)NC1CCC(C)(C)C1. The summed E-state index contributed by atoms with van der Waals surface area (Å²) in [6.45, 7) is 7.67. The molecule has 16 heavy (non-hydrogen) atoms. The topological polar surface area (TPSA) is 41.1 Å². The lowest BCUT2D eigenvalue weighted by atomic mass is 9.91. The van der Waals surface area contributed by atoms with E-state index in [0.717, 1.165) is 25.8 Å². The molecule has 3 nitrogen and oxygen atoms in total. The summed E-state index contributed by atoms with van der Waals surface area (Å²) < 4.78 is 0. The molecule has 92 valence electrons. The maximum absolute atomic E-state index is 12.1. The summed E-state index contributed by atoms with van der Waals surface area (Å²) in [7, 11) is 0. The highest BCUT2D eigenvalue weighted by atomic mass is 16.2. The average molecular weight is 224 g/mol. The van der Waals surface area contributed by atoms with Crippen LogP contribution in [0.3, 0.4) is 0 Å². The van der Waals surface area contributed by atoms with Crippen LogP contribution in [0.25, 0.3) is 0 Å². The Morgan fingerprint density at radius 2 is 2.12 bits per heavy atom. The van der Waals surface area contributed by atoms with Gasteiger partial charge in [-0.2, -0.15) is 0 Å². The molecule has 2 aliphatic rings. The van der Waals surface area contributed by atoms with Gasteiger partial charge in [0.2, 0.25) is 5.91 Å². The Kier molecular flexibility index (Phi) is 3.24. The fourth-order valence-corrected chi connectivity index (χ4v) is 3.08. The third-order valence-corrected chi connectivity index (χ3v) is 4.18. The van der Waals surface area contributed by atoms with Gasteiger partial charge in [-0.25, -0.2) is 0 Å². The number of nitrogens with one attached hydrogen (secondary N) is 2. The normalized spacial score (nSPS) is 37.6. The molecule has 0 spiro atoms. The molecule has 3 heteroatoms. The smallest absolute Gasteiger partial charge is 0.224 e. The molecule has 3 atom stereocenters. The van der Waals surface area contributed by atoms with Gasteiger partial charge >= 0.3 is 0 Å². The highest BCUT2D eigenvalue weighted by Gasteiger charge is 2.35. The van der Waals surface area contributed by atoms with Crippen LogP contribution < -0.4 is 10.6 Å². The standard InChI is InChI=1S/C13H24N2O/c1-9-11(5-7-14-9)12(16)15-10-4-6-13(2,3)8-10/h9-11,14H,4-8H2,1-3H3,(H,15,16). The fraction of sp³-hybridized carbons (Fsp3) is 0.923. The second kappa shape index (κ2) is 4.36. The molecule has 0 aromatic heterocycles. The number of hydrogen-bond acceptors (Lipinski definition) is 2. The van der Waals surface area contributed by atoms with Gasteiger partial charge in [0.05, 0.1) is 5.92 Å². The highest BCUT2D eigenvalue weighted by molar-refractivity contribution is 5.80. The zero-order valence-corrected chi connectivity index (χ0v) is 10.7. The first-order valence-corrected chi connectivity index (χ1v) is 6.52. The number of carbonyl (C=O) groups is 1. The summed E-state index contributed by atoms with van der Waals surface area (Å²) in [6, 6.07) is 0.754. The third-order valence-electron chi connectivity index (χ3n) is 4.18. The quantitative estimate of drug-likeness (QED) is 0.749. The van der Waals surface area contributed by atoms with E-state index in [0.29, 0.717) is 17.5 Å². The maximum Gasteiger partial charge on any atom is 0.224 e. The van der Waals surface area contributed by atoms with Crippen LogP contribution in [-0.4, -0.2) is 24.5 Å². The van der Waals surface area contributed by atoms with Gasteiger partial charge in [0.25, 0.3) is 0 Å². The first-order valence-electron chi connectivity index (χ1n) is 6.52. The van der Waals surface area contributed by atoms with Gasteiger partial charge in [-0.15, -0.1) is 0 Å². The van der Waals surface area contributed by atoms with Gasteiger partial charge in [-0.3, -0.25) is 4.79 Å². The summed E-state index contributed by atoms with van der Waals surface area (Å²) in [5.41, 5.74) is 0.414. The zero-order chi connectivity index (χ0) is 11.8. The lowest BCUT2D eigenvalue weighted by Crippen LogP contribution is -2.41. The van der Waals surface area contributed by atoms with Crippen LogP contribution in [0.1, 0.15) is 46.5 Å². The Hall–Kier alpha value is -0.570. The van der Waals surface area contributed by atoms with Gasteiger partial charge in [0.15, 0.2) is 0 Å². The lowest BCUT2D eigenvalue weighted by Gasteiger charge is -2.20. The number of rotatable bonds is 2. The van der Waals surface area contributed by atoms with Crippen molar-refractivity contribution in [3.8, 4) is 0 Å². The molecule has 1 heterocycles. The van der Waals surface area contributed by atoms with E-state index in [-0.39, 0.29) is 11.8 Å². The van der Waals surface area contributed by atoms with Crippen LogP contribution in [0.4, 0.5) is 0 Å². The molecule has 2 N–H and O–H groups in total. The van der Waals surface area contributed by atoms with Crippen LogP contribution in [-0.2, 0) is 4.79 Å². The van der Waals surface area contributed by atoms with E-state index >= 15 is 0 Å². The summed E-state index contributed by atoms with van der Waals surface area (Å²) in [5, 5.41) is 6.56. The Morgan fingerprint density at radius 1 is 1.38 bits per heavy atom. The maximum atomic E-state index is 12.1. The van der Waals surface area contributed by atoms with Crippen LogP contribution in [0, 0.1) is 11.3 Å². The van der Waals surface area contributed by atoms with Crippen LogP contribution in [0.5, 0.6) is 0 Å². The van der Waals surface area contributed by atoms with Crippen LogP contribution >= 0.6 is 0 Å². The number of hydrogen-bond donors (Lipinski definition) is 2. The van der Waals surface area contributed by atoms with Crippen molar-refractivity contribution in [2.45, 2.75) is 58.5 Å². The van der Waals surface area contributed by atoms with Gasteiger partial charge in [-0.1, -0.05) is 13.8 Å². The van der Waals surface area contributed by atoms with Crippen molar-refractivity contribution in [3.63, 3.8) is 0 Å². The molecule has 0 aromatic rings. The molecule has 2 fully saturated rings. The number of amides is 1. The molecule has 1 amide bonds. The van der Waals surface area contributed by atoms with Crippen LogP contribution in [0.2, 0.25) is 0 Å². The second-order valence-electron chi connectivity index (χ2n) is 6.25. The van der Waals surface area contributed by atoms with Crippen molar-refractivity contribution >= 4 is 5.91 Å². The minimum atomic E-state index is 0.184. The third kappa shape index (κ3) is 2.57. The predicted octanol–water partition coefficient (Wildman–Crippen LogP) is 1.68. The van der Waals surface area contributed by atoms with Crippen molar-refractivity contribution < 1.29 is 4.79 Å². The minimum absolute atomic E-state index is 0.184. The molecule has 3 unspecified atom stereocenters. The van der Waals surface area contributed by atoms with E-state index in [1.165, 1.54) is 6.42 Å². The highest BCUT2D eigenvalue weighted by Crippen LogP contribution is 2.37. The Balaban J connectivity index is 1.84. The Bertz CT molecular complexity index is 275. The molecule has 1 saturated heterocycles. The van der Waals surface area contributed by atoms with E-state index in [1.807, 2.05) is 0 Å². The van der Waals surface area contributed by atoms with Gasteiger partial charge in [-0.05, 0) is 44.6 Å². The van der Waals surface area contributed by atoms with E-state index in [4.69, 9.17) is 0 Å². The van der Waals surface area contributed by atoms with Crippen molar-refractivity contribution in [1.29, 1.82) is 0 Å². The largest absolute Gasteiger partial charge is 0.353 e. The molecule has 2 rings (SSSR count). The number of carbonyl (C=O) groups excluding carboxylic acids is 1. The van der Waals surface area contributed by atoms with E-state index < -0.39 is 0 Å². The molecular formula is C13H24N2O. The predicted molar refractivity (Wildman–Crippen MR) is 65.1 cm³/mol. The van der Waals surface area contributed by atoms with E-state index in [9.17, 15) is 4.79 Å². The summed E-state index contributed by atoms with van der Waals surface area (Å²) in [5.74, 6) is 0.448. The fourth-order valence-electron chi connectivity index (χ4n) is 3.08. The van der Waals surface area contributed by atoms with Crippen molar-refractivity contribution in [2.24, 2.45) is 11.3 Å². The van der Waals surface area contributed by atoms with Crippen molar-refractivity contribution in [1.82, 2.24) is 10.6 Å². The second-order valence-corrected chi connectivity index (χ2v) is 6.25. The van der Waals surface area contributed by atoms with E-state index in [1.54, 1.807) is 0 Å². The molecule has 1 aliphatic carbocycles. The first kappa shape index (κ1) is 11.9. The monoisotopic (exact) mass is 224 g/mol. The molecule has 1 aliphatic heterocycles. The Labute approximate surface area is 98.4 Å². The van der Waals surface area contributed by atoms with Gasteiger partial charge < -0.3 is 10.6 Å². The van der Waals surface area contributed by atoms with Gasteiger partial charge in [0, 0.05) is 12.1 Å². The first-order chi connectivity index (χ1) is 7.48. The van der Waals surface area contributed by atoms with Crippen molar-refractivity contribution in [3.05, 3.63) is 0 Å². The average Bonchev–Trinajstić information content (AvgIpc) is 2.72. The molecule has 0 aromatic carbocycles. The van der Waals surface area contributed by atoms with Gasteiger partial charge in [0.1, 0.15) is 0 Å². The Morgan fingerprint density at radius 3 is 2.62 bits per heavy atom. The molecule has 1 saturated carbocycles. The summed E-state index contributed by atoms with van der Waals surface area (Å²) >= 11 is 0. The zero-order valence-electron chi connectivity index (χ0n) is 10.7. The lowest BCUT2D eigenvalue weighted by molar-refractivity contribution is -0.125. The van der Waals surface area contributed by atoms with Crippen molar-refractivity contribution in [2.75, 3.05) is 6.54 Å². The molecule has 0 radical (unpaired) electrons. The minimum Gasteiger partial charge on any atom is -0.353 e. The molecule has 0 bridgehead atoms. The summed E-state index contributed by atoms with van der Waals surface area (Å²) in [6.07, 6.45) is 4.50.